The molecule has 1 fully saturated rings. The highest BCUT2D eigenvalue weighted by atomic mass is 32.2. The van der Waals surface area contributed by atoms with Gasteiger partial charge in [-0.15, -0.1) is 11.3 Å². The predicted octanol–water partition coefficient (Wildman–Crippen LogP) is 2.75. The van der Waals surface area contributed by atoms with E-state index in [1.54, 1.807) is 41.8 Å². The smallest absolute Gasteiger partial charge is 0.309 e. The molecule has 150 valence electrons. The number of nitrogens with one attached hydrogen (secondary N) is 2. The quantitative estimate of drug-likeness (QED) is 0.703. The van der Waals surface area contributed by atoms with E-state index in [-0.39, 0.29) is 17.5 Å². The van der Waals surface area contributed by atoms with E-state index in [1.165, 1.54) is 11.3 Å². The van der Waals surface area contributed by atoms with Crippen molar-refractivity contribution in [3.8, 4) is 0 Å². The van der Waals surface area contributed by atoms with Gasteiger partial charge in [0.25, 0.3) is 0 Å². The average molecular weight is 421 g/mol. The summed E-state index contributed by atoms with van der Waals surface area (Å²) in [5.41, 5.74) is 0.962. The van der Waals surface area contributed by atoms with Crippen molar-refractivity contribution in [1.29, 1.82) is 0 Å². The van der Waals surface area contributed by atoms with E-state index in [1.807, 2.05) is 6.92 Å². The molecule has 1 aromatic heterocycles. The summed E-state index contributed by atoms with van der Waals surface area (Å²) in [6.45, 7) is 1.73. The third kappa shape index (κ3) is 4.80. The second kappa shape index (κ2) is 8.87. The molecule has 0 bridgehead atoms. The van der Waals surface area contributed by atoms with Crippen LogP contribution in [0.3, 0.4) is 0 Å². The first-order valence-electron chi connectivity index (χ1n) is 9.30. The highest BCUT2D eigenvalue weighted by Gasteiger charge is 2.31. The van der Waals surface area contributed by atoms with Crippen LogP contribution in [0.2, 0.25) is 0 Å². The molecule has 1 aliphatic rings. The first-order chi connectivity index (χ1) is 13.4. The lowest BCUT2D eigenvalue weighted by molar-refractivity contribution is -0.139. The summed E-state index contributed by atoms with van der Waals surface area (Å²) in [5, 5.41) is 6.07. The predicted molar refractivity (Wildman–Crippen MR) is 109 cm³/mol. The number of sulfone groups is 1. The fraction of sp³-hybridized carbons (Fsp3) is 0.400. The van der Waals surface area contributed by atoms with Gasteiger partial charge >= 0.3 is 11.8 Å². The lowest BCUT2D eigenvalue weighted by atomic mass is 10.2. The average Bonchev–Trinajstić information content (AvgIpc) is 3.36. The van der Waals surface area contributed by atoms with Gasteiger partial charge in [-0.05, 0) is 43.3 Å². The summed E-state index contributed by atoms with van der Waals surface area (Å²) in [6, 6.07) is 10.2. The van der Waals surface area contributed by atoms with Crippen molar-refractivity contribution >= 4 is 33.0 Å². The van der Waals surface area contributed by atoms with Crippen LogP contribution in [0, 0.1) is 6.92 Å². The first kappa shape index (κ1) is 20.5. The molecule has 1 aliphatic carbocycles. The normalized spacial score (nSPS) is 15.9. The minimum Gasteiger partial charge on any atom is -0.346 e. The Hall–Kier alpha value is -2.19. The Labute approximate surface area is 169 Å². The van der Waals surface area contributed by atoms with Crippen LogP contribution in [0.4, 0.5) is 0 Å². The Morgan fingerprint density at radius 2 is 1.79 bits per heavy atom. The molecule has 1 saturated carbocycles. The van der Waals surface area contributed by atoms with Crippen molar-refractivity contribution in [2.24, 2.45) is 0 Å². The Bertz CT molecular complexity index is 916. The minimum absolute atomic E-state index is 0.0302. The molecule has 0 spiro atoms. The van der Waals surface area contributed by atoms with Crippen LogP contribution in [-0.2, 0) is 19.4 Å². The first-order valence-corrected chi connectivity index (χ1v) is 11.7. The van der Waals surface area contributed by atoms with E-state index in [9.17, 15) is 18.0 Å². The highest BCUT2D eigenvalue weighted by Crippen LogP contribution is 2.31. The van der Waals surface area contributed by atoms with Crippen LogP contribution in [-0.4, -0.2) is 32.8 Å². The van der Waals surface area contributed by atoms with Gasteiger partial charge in [-0.25, -0.2) is 8.42 Å². The molecule has 1 atom stereocenters. The van der Waals surface area contributed by atoms with Gasteiger partial charge in [-0.1, -0.05) is 36.6 Å². The summed E-state index contributed by atoms with van der Waals surface area (Å²) in [7, 11) is -3.72. The van der Waals surface area contributed by atoms with Crippen molar-refractivity contribution in [2.75, 3.05) is 6.54 Å². The molecular weight excluding hydrogens is 396 g/mol. The third-order valence-electron chi connectivity index (χ3n) is 4.93. The highest BCUT2D eigenvalue weighted by molar-refractivity contribution is 7.91. The van der Waals surface area contributed by atoms with Gasteiger partial charge in [0.1, 0.15) is 5.25 Å². The zero-order valence-corrected chi connectivity index (χ0v) is 17.3. The molecule has 28 heavy (non-hydrogen) atoms. The van der Waals surface area contributed by atoms with Crippen LogP contribution in [0.5, 0.6) is 0 Å². The van der Waals surface area contributed by atoms with Gasteiger partial charge in [0.15, 0.2) is 9.84 Å². The Kier molecular flexibility index (Phi) is 6.51. The second-order valence-electron chi connectivity index (χ2n) is 7.03. The zero-order valence-electron chi connectivity index (χ0n) is 15.7. The van der Waals surface area contributed by atoms with E-state index >= 15 is 0 Å². The van der Waals surface area contributed by atoms with Crippen molar-refractivity contribution in [1.82, 2.24) is 10.6 Å². The largest absolute Gasteiger partial charge is 0.346 e. The molecule has 2 amide bonds. The molecule has 2 N–H and O–H groups in total. The number of hydrogen-bond acceptors (Lipinski definition) is 5. The molecule has 8 heteroatoms. The van der Waals surface area contributed by atoms with E-state index in [4.69, 9.17) is 0 Å². The number of amides is 2. The van der Waals surface area contributed by atoms with Gasteiger partial charge in [0.2, 0.25) is 0 Å². The summed E-state index contributed by atoms with van der Waals surface area (Å²) < 4.78 is 26.3. The van der Waals surface area contributed by atoms with Crippen LogP contribution >= 0.6 is 11.3 Å². The number of rotatable bonds is 6. The molecule has 2 aromatic rings. The number of thiophene rings is 1. The van der Waals surface area contributed by atoms with E-state index in [0.717, 1.165) is 31.2 Å². The van der Waals surface area contributed by atoms with Crippen LogP contribution in [0.15, 0.2) is 46.7 Å². The maximum absolute atomic E-state index is 13.2. The SMILES string of the molecule is Cc1ccc(S(=O)(=O)[C@@H](CNC(=O)C(=O)NC2CCCC2)c2cccs2)cc1. The molecule has 0 aliphatic heterocycles. The van der Waals surface area contributed by atoms with Crippen molar-refractivity contribution < 1.29 is 18.0 Å². The van der Waals surface area contributed by atoms with E-state index < -0.39 is 26.9 Å². The Balaban J connectivity index is 1.73. The van der Waals surface area contributed by atoms with Gasteiger partial charge in [-0.2, -0.15) is 0 Å². The summed E-state index contributed by atoms with van der Waals surface area (Å²) in [6.07, 6.45) is 3.83. The lowest BCUT2D eigenvalue weighted by Crippen LogP contribution is -2.45. The van der Waals surface area contributed by atoms with Crippen molar-refractivity contribution in [3.05, 3.63) is 52.2 Å². The topological polar surface area (TPSA) is 92.3 Å². The number of benzene rings is 1. The molecular formula is C20H24N2O4S2. The van der Waals surface area contributed by atoms with Crippen LogP contribution in [0.25, 0.3) is 0 Å². The zero-order chi connectivity index (χ0) is 20.1. The minimum atomic E-state index is -3.72. The summed E-state index contributed by atoms with van der Waals surface area (Å²) in [5.74, 6) is -1.50. The third-order valence-corrected chi connectivity index (χ3v) is 8.16. The molecule has 0 unspecified atom stereocenters. The molecule has 0 radical (unpaired) electrons. The fourth-order valence-electron chi connectivity index (χ4n) is 3.32. The molecule has 3 rings (SSSR count). The van der Waals surface area contributed by atoms with Crippen molar-refractivity contribution in [2.45, 2.75) is 48.8 Å². The number of carbonyl (C=O) groups is 2. The van der Waals surface area contributed by atoms with Gasteiger partial charge < -0.3 is 10.6 Å². The van der Waals surface area contributed by atoms with Crippen LogP contribution < -0.4 is 10.6 Å². The maximum Gasteiger partial charge on any atom is 0.309 e. The fourth-order valence-corrected chi connectivity index (χ4v) is 6.10. The standard InChI is InChI=1S/C20H24N2O4S2/c1-14-8-10-16(11-9-14)28(25,26)18(17-7-4-12-27-17)13-21-19(23)20(24)22-15-5-2-3-6-15/h4,7-12,15,18H,2-3,5-6,13H2,1H3,(H,21,23)(H,22,24)/t18-/m0/s1. The Morgan fingerprint density at radius 3 is 2.39 bits per heavy atom. The number of hydrogen-bond donors (Lipinski definition) is 2. The van der Waals surface area contributed by atoms with Gasteiger partial charge in [0.05, 0.1) is 4.90 Å². The molecule has 6 nitrogen and oxygen atoms in total. The lowest BCUT2D eigenvalue weighted by Gasteiger charge is -2.18. The monoisotopic (exact) mass is 420 g/mol. The molecule has 0 saturated heterocycles. The van der Waals surface area contributed by atoms with Crippen LogP contribution in [0.1, 0.15) is 41.4 Å². The number of carbonyl (C=O) groups excluding carboxylic acids is 2. The van der Waals surface area contributed by atoms with Crippen molar-refractivity contribution in [3.63, 3.8) is 0 Å². The van der Waals surface area contributed by atoms with Gasteiger partial charge in [0, 0.05) is 17.5 Å². The van der Waals surface area contributed by atoms with Gasteiger partial charge in [-0.3, -0.25) is 9.59 Å². The Morgan fingerprint density at radius 1 is 1.11 bits per heavy atom. The summed E-state index contributed by atoms with van der Waals surface area (Å²) in [4.78, 5) is 25.1. The maximum atomic E-state index is 13.2. The van der Waals surface area contributed by atoms with E-state index in [2.05, 4.69) is 10.6 Å². The molecule has 1 aromatic carbocycles. The summed E-state index contributed by atoms with van der Waals surface area (Å²) >= 11 is 1.31. The number of aryl methyl sites for hydroxylation is 1. The second-order valence-corrected chi connectivity index (χ2v) is 10.1. The van der Waals surface area contributed by atoms with E-state index in [0.29, 0.717) is 4.88 Å². The molecule has 1 heterocycles.